The molecule has 2 aliphatic heterocycles. The Bertz CT molecular complexity index is 2790. The molecule has 70 heavy (non-hydrogen) atoms. The van der Waals surface area contributed by atoms with Crippen LogP contribution in [0.15, 0.2) is 204 Å². The molecule has 3 N–H and O–H groups in total. The van der Waals surface area contributed by atoms with Crippen LogP contribution >= 0.6 is 35.3 Å². The van der Waals surface area contributed by atoms with Crippen molar-refractivity contribution in [3.05, 3.63) is 232 Å². The molecular formula is C55H50N6O6S3. The minimum absolute atomic E-state index is 0.0847. The summed E-state index contributed by atoms with van der Waals surface area (Å²) in [5.74, 6) is -1.54. The average Bonchev–Trinajstić information content (AvgIpc) is 3.91. The minimum Gasteiger partial charge on any atom is -0.448 e. The highest BCUT2D eigenvalue weighted by Crippen LogP contribution is 2.56. The summed E-state index contributed by atoms with van der Waals surface area (Å²) in [7, 11) is 0. The van der Waals surface area contributed by atoms with Crippen molar-refractivity contribution in [2.45, 2.75) is 65.0 Å². The maximum Gasteiger partial charge on any atom is 0.408 e. The Balaban J connectivity index is 1.15. The Morgan fingerprint density at radius 3 is 1.66 bits per heavy atom. The van der Waals surface area contributed by atoms with Crippen molar-refractivity contribution >= 4 is 59.2 Å². The lowest BCUT2D eigenvalue weighted by Gasteiger charge is -2.50. The summed E-state index contributed by atoms with van der Waals surface area (Å²) in [6.07, 6.45) is 0.0639. The summed E-state index contributed by atoms with van der Waals surface area (Å²) < 4.78 is 11.7. The smallest absolute Gasteiger partial charge is 0.408 e. The van der Waals surface area contributed by atoms with Crippen LogP contribution in [0.4, 0.5) is 4.79 Å². The zero-order valence-electron chi connectivity index (χ0n) is 38.5. The number of hydrogen-bond acceptors (Lipinski definition) is 11. The molecule has 0 radical (unpaired) electrons. The van der Waals surface area contributed by atoms with Gasteiger partial charge in [0.15, 0.2) is 6.10 Å². The number of alkyl carbamates (subject to hydrolysis) is 1. The first kappa shape index (κ1) is 48.0. The van der Waals surface area contributed by atoms with Crippen LogP contribution in [0, 0.1) is 0 Å². The molecule has 9 rings (SSSR count). The first-order chi connectivity index (χ1) is 34.0. The maximum absolute atomic E-state index is 15.4. The van der Waals surface area contributed by atoms with Gasteiger partial charge in [0.1, 0.15) is 33.8 Å². The number of β-lactam (4-membered cyclic amide) rings is 1. The van der Waals surface area contributed by atoms with Crippen molar-refractivity contribution in [3.8, 4) is 0 Å². The molecule has 1 aromatic heterocycles. The molecule has 4 atom stereocenters. The summed E-state index contributed by atoms with van der Waals surface area (Å²) in [5.41, 5.74) is 3.35. The molecule has 0 bridgehead atoms. The van der Waals surface area contributed by atoms with Gasteiger partial charge >= 0.3 is 12.1 Å². The van der Waals surface area contributed by atoms with Crippen molar-refractivity contribution in [2.75, 3.05) is 5.75 Å². The number of aromatic nitrogens is 3. The summed E-state index contributed by atoms with van der Waals surface area (Å²) in [6.45, 7) is 5.20. The Hall–Kier alpha value is -7.07. The molecular weight excluding hydrogens is 937 g/mol. The van der Waals surface area contributed by atoms with E-state index in [-0.39, 0.29) is 11.4 Å². The van der Waals surface area contributed by atoms with Crippen molar-refractivity contribution in [1.29, 1.82) is 0 Å². The quantitative estimate of drug-likeness (QED) is 0.0279. The number of rotatable bonds is 16. The zero-order chi connectivity index (χ0) is 48.7. The van der Waals surface area contributed by atoms with Gasteiger partial charge < -0.3 is 20.1 Å². The molecule has 0 spiro atoms. The van der Waals surface area contributed by atoms with Crippen molar-refractivity contribution < 1.29 is 28.7 Å². The topological polar surface area (TPSA) is 156 Å². The number of nitrogens with zero attached hydrogens (tertiary/aromatic N) is 3. The highest BCUT2D eigenvalue weighted by Gasteiger charge is 2.56. The number of hydrogen-bond donors (Lipinski definition) is 3. The van der Waals surface area contributed by atoms with Crippen LogP contribution in [0.2, 0.25) is 0 Å². The van der Waals surface area contributed by atoms with Crippen LogP contribution in [-0.4, -0.2) is 71.5 Å². The molecule has 2 aliphatic rings. The first-order valence-electron chi connectivity index (χ1n) is 22.7. The highest BCUT2D eigenvalue weighted by molar-refractivity contribution is 8.19. The molecule has 15 heteroatoms. The summed E-state index contributed by atoms with van der Waals surface area (Å²) in [6, 6.07) is 56.3. The normalized spacial score (nSPS) is 16.6. The SMILES string of the molecule is CC(C)(C)OC(=O)N[C@@H](C(=O)N[C@@H]1C(=O)N2C(C(=O)OC(c3ccccc3)c3ccccc3)=C(SC(Sc3cn[nH]n3)C(c3ccccc3)(c3ccccc3)c3ccccc3)CS[C@H]12)c1ccccc1. The van der Waals surface area contributed by atoms with Gasteiger partial charge in [-0.1, -0.05) is 194 Å². The van der Waals surface area contributed by atoms with Gasteiger partial charge in [-0.2, -0.15) is 10.3 Å². The van der Waals surface area contributed by atoms with Gasteiger partial charge in [0.25, 0.3) is 5.91 Å². The lowest BCUT2D eigenvalue weighted by molar-refractivity contribution is -0.154. The van der Waals surface area contributed by atoms with E-state index in [0.29, 0.717) is 15.5 Å². The number of thioether (sulfide) groups is 3. The second-order valence-electron chi connectivity index (χ2n) is 17.5. The predicted molar refractivity (Wildman–Crippen MR) is 274 cm³/mol. The monoisotopic (exact) mass is 986 g/mol. The predicted octanol–water partition coefficient (Wildman–Crippen LogP) is 10.2. The Labute approximate surface area is 419 Å². The number of carbonyl (C=O) groups excluding carboxylic acids is 4. The van der Waals surface area contributed by atoms with Gasteiger partial charge in [0.05, 0.1) is 16.2 Å². The maximum atomic E-state index is 15.4. The molecule has 12 nitrogen and oxygen atoms in total. The Morgan fingerprint density at radius 2 is 1.19 bits per heavy atom. The van der Waals surface area contributed by atoms with Gasteiger partial charge in [-0.15, -0.1) is 28.6 Å². The summed E-state index contributed by atoms with van der Waals surface area (Å²) in [5, 5.41) is 17.0. The molecule has 7 aromatic rings. The summed E-state index contributed by atoms with van der Waals surface area (Å²) in [4.78, 5) is 59.9. The number of aromatic amines is 1. The third-order valence-electron chi connectivity index (χ3n) is 11.8. The molecule has 1 fully saturated rings. The molecule has 354 valence electrons. The number of H-pyrrole nitrogens is 1. The van der Waals surface area contributed by atoms with Gasteiger partial charge in [-0.25, -0.2) is 9.59 Å². The fourth-order valence-corrected chi connectivity index (χ4v) is 13.4. The lowest BCUT2D eigenvalue weighted by atomic mass is 9.70. The second-order valence-corrected chi connectivity index (χ2v) is 21.3. The van der Waals surface area contributed by atoms with Crippen molar-refractivity contribution in [1.82, 2.24) is 30.9 Å². The van der Waals surface area contributed by atoms with E-state index in [4.69, 9.17) is 9.47 Å². The van der Waals surface area contributed by atoms with Crippen LogP contribution in [0.5, 0.6) is 0 Å². The minimum atomic E-state index is -1.19. The van der Waals surface area contributed by atoms with Crippen molar-refractivity contribution in [3.63, 3.8) is 0 Å². The van der Waals surface area contributed by atoms with Gasteiger partial charge in [-0.3, -0.25) is 14.5 Å². The van der Waals surface area contributed by atoms with E-state index in [9.17, 15) is 14.4 Å². The number of ether oxygens (including phenoxy) is 2. The van der Waals surface area contributed by atoms with Gasteiger partial charge in [-0.05, 0) is 54.2 Å². The van der Waals surface area contributed by atoms with E-state index in [1.54, 1.807) is 57.3 Å². The lowest BCUT2D eigenvalue weighted by Crippen LogP contribution is -2.71. The summed E-state index contributed by atoms with van der Waals surface area (Å²) >= 11 is 4.41. The number of amides is 3. The molecule has 1 unspecified atom stereocenters. The number of fused-ring (bicyclic) bond motifs is 1. The largest absolute Gasteiger partial charge is 0.448 e. The zero-order valence-corrected chi connectivity index (χ0v) is 41.0. The van der Waals surface area contributed by atoms with E-state index in [0.717, 1.165) is 27.8 Å². The molecule has 1 saturated heterocycles. The highest BCUT2D eigenvalue weighted by atomic mass is 32.2. The van der Waals surface area contributed by atoms with E-state index >= 15 is 4.79 Å². The third kappa shape index (κ3) is 10.3. The van der Waals surface area contributed by atoms with Crippen LogP contribution < -0.4 is 10.6 Å². The molecule has 6 aromatic carbocycles. The van der Waals surface area contributed by atoms with Gasteiger partial charge in [0.2, 0.25) is 5.91 Å². The van der Waals surface area contributed by atoms with Gasteiger partial charge in [0, 0.05) is 10.7 Å². The van der Waals surface area contributed by atoms with E-state index in [1.807, 2.05) is 115 Å². The fraction of sp³-hybridized carbons (Fsp3) is 0.200. The fourth-order valence-electron chi connectivity index (χ4n) is 8.72. The van der Waals surface area contributed by atoms with E-state index in [2.05, 4.69) is 62.4 Å². The number of esters is 1. The Kier molecular flexibility index (Phi) is 14.6. The molecule has 3 heterocycles. The number of benzene rings is 6. The van der Waals surface area contributed by atoms with Crippen molar-refractivity contribution in [2.24, 2.45) is 0 Å². The standard InChI is InChI=1S/C55H50N6O6S3/c1-54(2,3)67-53(65)58-44(36-22-10-4-11-23-36)48(62)57-45-49(63)61-46(51(64)66-47(37-24-12-5-13-25-37)38-26-14-6-15-27-38)42(35-68-50(45)61)69-52(70-43-34-56-60-59-43)55(39-28-16-7-17-29-39,40-30-18-8-19-31-40)41-32-20-9-21-33-41/h4-34,44-45,47,50,52H,35H2,1-3H3,(H,57,62)(H,58,65)(H,56,59,60)/t44-,45-,50-,52?/m1/s1. The van der Waals surface area contributed by atoms with Crippen LogP contribution in [0.25, 0.3) is 0 Å². The Morgan fingerprint density at radius 1 is 0.700 bits per heavy atom. The molecule has 0 saturated carbocycles. The average molecular weight is 987 g/mol. The van der Waals surface area contributed by atoms with E-state index < -0.39 is 63.0 Å². The van der Waals surface area contributed by atoms with Crippen LogP contribution in [-0.2, 0) is 29.3 Å². The van der Waals surface area contributed by atoms with Crippen LogP contribution in [0.3, 0.4) is 0 Å². The second kappa shape index (κ2) is 21.3. The molecule has 3 amide bonds. The number of nitrogens with one attached hydrogen (secondary N) is 3. The molecule has 0 aliphatic carbocycles. The first-order valence-corrected chi connectivity index (χ1v) is 25.5. The number of carbonyl (C=O) groups is 4. The third-order valence-corrected chi connectivity index (χ3v) is 16.1. The van der Waals surface area contributed by atoms with Crippen LogP contribution in [0.1, 0.15) is 66.3 Å². The van der Waals surface area contributed by atoms with E-state index in [1.165, 1.54) is 40.2 Å².